The molecule has 1 aliphatic carbocycles. The fraction of sp³-hybridized carbons (Fsp3) is 0.333. The predicted octanol–water partition coefficient (Wildman–Crippen LogP) is 3.49. The summed E-state index contributed by atoms with van der Waals surface area (Å²) in [5.74, 6) is -1.30. The normalized spacial score (nSPS) is 19.6. The number of benzene rings is 2. The monoisotopic (exact) mass is 367 g/mol. The molecule has 0 atom stereocenters. The highest BCUT2D eigenvalue weighted by Crippen LogP contribution is 2.32. The number of anilines is 1. The van der Waals surface area contributed by atoms with Crippen LogP contribution in [-0.4, -0.2) is 49.2 Å². The van der Waals surface area contributed by atoms with Crippen molar-refractivity contribution in [2.24, 2.45) is 4.99 Å². The van der Waals surface area contributed by atoms with E-state index in [4.69, 9.17) is 0 Å². The second-order valence-corrected chi connectivity index (χ2v) is 7.40. The van der Waals surface area contributed by atoms with Crippen molar-refractivity contribution in [3.8, 4) is 11.1 Å². The Morgan fingerprint density at radius 2 is 1.67 bits per heavy atom. The Balaban J connectivity index is 1.40. The molecule has 2 aliphatic heterocycles. The molecule has 5 rings (SSSR count). The van der Waals surface area contributed by atoms with Crippen molar-refractivity contribution in [2.75, 3.05) is 31.1 Å². The van der Waals surface area contributed by atoms with Crippen LogP contribution in [0, 0.1) is 11.6 Å². The fourth-order valence-electron chi connectivity index (χ4n) is 4.00. The third kappa shape index (κ3) is 2.94. The molecule has 1 saturated heterocycles. The maximum Gasteiger partial charge on any atom is 0.277 e. The largest absolute Gasteiger partial charge is 0.367 e. The van der Waals surface area contributed by atoms with E-state index in [1.165, 1.54) is 31.2 Å². The lowest BCUT2D eigenvalue weighted by Crippen LogP contribution is -2.47. The molecule has 0 radical (unpaired) electrons. The van der Waals surface area contributed by atoms with Gasteiger partial charge in [0, 0.05) is 44.0 Å². The number of hydrogen-bond donors (Lipinski definition) is 0. The summed E-state index contributed by atoms with van der Waals surface area (Å²) in [6, 6.07) is 8.60. The molecule has 27 heavy (non-hydrogen) atoms. The number of rotatable bonds is 3. The number of halogens is 2. The van der Waals surface area contributed by atoms with E-state index in [0.717, 1.165) is 32.2 Å². The zero-order valence-corrected chi connectivity index (χ0v) is 14.8. The van der Waals surface area contributed by atoms with E-state index in [1.807, 2.05) is 0 Å². The lowest BCUT2D eigenvalue weighted by atomic mass is 9.99. The molecule has 0 bridgehead atoms. The van der Waals surface area contributed by atoms with E-state index in [2.05, 4.69) is 14.8 Å². The van der Waals surface area contributed by atoms with E-state index in [0.29, 0.717) is 16.8 Å². The van der Waals surface area contributed by atoms with E-state index < -0.39 is 11.7 Å². The van der Waals surface area contributed by atoms with Crippen LogP contribution in [0.25, 0.3) is 11.1 Å². The number of piperazine rings is 1. The lowest BCUT2D eigenvalue weighted by Gasteiger charge is -2.36. The van der Waals surface area contributed by atoms with Crippen molar-refractivity contribution in [3.05, 3.63) is 53.1 Å². The van der Waals surface area contributed by atoms with Gasteiger partial charge in [-0.05, 0) is 48.2 Å². The molecule has 2 fully saturated rings. The van der Waals surface area contributed by atoms with Gasteiger partial charge in [0.15, 0.2) is 0 Å². The molecular formula is C21H19F2N3O. The number of carbonyl (C=O) groups excluding carboxylic acids is 1. The van der Waals surface area contributed by atoms with Gasteiger partial charge in [-0.2, -0.15) is 0 Å². The Labute approximate surface area is 156 Å². The quantitative estimate of drug-likeness (QED) is 0.833. The van der Waals surface area contributed by atoms with E-state index in [-0.39, 0.29) is 16.9 Å². The highest BCUT2D eigenvalue weighted by Gasteiger charge is 2.31. The average molecular weight is 367 g/mol. The Morgan fingerprint density at radius 1 is 0.926 bits per heavy atom. The molecule has 0 unspecified atom stereocenters. The standard InChI is InChI=1S/C21H19F2N3O/c22-18-11-14(9-16-17(18)12-24-21(16)27)13-1-4-20(19(23)10-13)26-7-5-25(6-8-26)15-2-3-15/h1,4,9-12,15H,2-3,5-8H2. The summed E-state index contributed by atoms with van der Waals surface area (Å²) >= 11 is 0. The van der Waals surface area contributed by atoms with Gasteiger partial charge in [-0.25, -0.2) is 13.8 Å². The lowest BCUT2D eigenvalue weighted by molar-refractivity contribution is 0.101. The summed E-state index contributed by atoms with van der Waals surface area (Å²) in [4.78, 5) is 19.9. The number of aliphatic imine (C=N–C) groups is 1. The number of hydrogen-bond acceptors (Lipinski definition) is 3. The van der Waals surface area contributed by atoms with Gasteiger partial charge in [0.05, 0.1) is 11.3 Å². The Hall–Kier alpha value is -2.60. The molecule has 2 aromatic carbocycles. The highest BCUT2D eigenvalue weighted by atomic mass is 19.1. The maximum absolute atomic E-state index is 14.8. The number of fused-ring (bicyclic) bond motifs is 1. The average Bonchev–Trinajstić information content (AvgIpc) is 3.45. The second-order valence-electron chi connectivity index (χ2n) is 7.40. The van der Waals surface area contributed by atoms with Crippen molar-refractivity contribution < 1.29 is 13.6 Å². The molecule has 4 nitrogen and oxygen atoms in total. The summed E-state index contributed by atoms with van der Waals surface area (Å²) in [5.41, 5.74) is 2.04. The van der Waals surface area contributed by atoms with Gasteiger partial charge >= 0.3 is 0 Å². The maximum atomic E-state index is 14.8. The van der Waals surface area contributed by atoms with Gasteiger partial charge in [-0.3, -0.25) is 9.69 Å². The van der Waals surface area contributed by atoms with E-state index in [1.54, 1.807) is 18.2 Å². The molecular weight excluding hydrogens is 348 g/mol. The van der Waals surface area contributed by atoms with Crippen LogP contribution in [0.15, 0.2) is 35.3 Å². The first-order valence-corrected chi connectivity index (χ1v) is 9.31. The van der Waals surface area contributed by atoms with Crippen LogP contribution in [0.4, 0.5) is 14.5 Å². The molecule has 2 heterocycles. The van der Waals surface area contributed by atoms with Crippen molar-refractivity contribution in [1.29, 1.82) is 0 Å². The molecule has 6 heteroatoms. The molecule has 1 saturated carbocycles. The van der Waals surface area contributed by atoms with Crippen LogP contribution in [0.2, 0.25) is 0 Å². The zero-order chi connectivity index (χ0) is 18.5. The Morgan fingerprint density at radius 3 is 2.37 bits per heavy atom. The van der Waals surface area contributed by atoms with Crippen molar-refractivity contribution in [3.63, 3.8) is 0 Å². The second kappa shape index (κ2) is 6.23. The molecule has 138 valence electrons. The van der Waals surface area contributed by atoms with Crippen molar-refractivity contribution in [1.82, 2.24) is 4.90 Å². The van der Waals surface area contributed by atoms with Crippen LogP contribution < -0.4 is 4.90 Å². The first-order chi connectivity index (χ1) is 13.1. The van der Waals surface area contributed by atoms with Gasteiger partial charge in [-0.1, -0.05) is 6.07 Å². The molecule has 0 N–H and O–H groups in total. The minimum atomic E-state index is -0.516. The molecule has 0 spiro atoms. The minimum absolute atomic E-state index is 0.203. The van der Waals surface area contributed by atoms with Crippen LogP contribution in [0.1, 0.15) is 28.8 Å². The van der Waals surface area contributed by atoms with Crippen molar-refractivity contribution in [2.45, 2.75) is 18.9 Å². The van der Waals surface area contributed by atoms with Crippen LogP contribution >= 0.6 is 0 Å². The summed E-state index contributed by atoms with van der Waals surface area (Å²) in [6.45, 7) is 3.55. The SMILES string of the molecule is O=C1N=Cc2c(F)cc(-c3ccc(N4CCN(C5CC5)CC4)c(F)c3)cc21. The molecule has 2 aromatic rings. The number of carbonyl (C=O) groups is 1. The molecule has 1 amide bonds. The van der Waals surface area contributed by atoms with E-state index in [9.17, 15) is 13.6 Å². The molecule has 0 aromatic heterocycles. The summed E-state index contributed by atoms with van der Waals surface area (Å²) in [6.07, 6.45) is 3.81. The molecule has 3 aliphatic rings. The predicted molar refractivity (Wildman–Crippen MR) is 101 cm³/mol. The fourth-order valence-corrected chi connectivity index (χ4v) is 4.00. The third-order valence-electron chi connectivity index (χ3n) is 5.67. The zero-order valence-electron chi connectivity index (χ0n) is 14.8. The topological polar surface area (TPSA) is 35.9 Å². The van der Waals surface area contributed by atoms with Crippen LogP contribution in [0.3, 0.4) is 0 Å². The Bertz CT molecular complexity index is 960. The van der Waals surface area contributed by atoms with Gasteiger partial charge in [0.25, 0.3) is 5.91 Å². The number of nitrogens with zero attached hydrogens (tertiary/aromatic N) is 3. The van der Waals surface area contributed by atoms with Gasteiger partial charge < -0.3 is 4.90 Å². The van der Waals surface area contributed by atoms with Gasteiger partial charge in [-0.15, -0.1) is 0 Å². The number of amides is 1. The first kappa shape index (κ1) is 16.6. The first-order valence-electron chi connectivity index (χ1n) is 9.31. The third-order valence-corrected chi connectivity index (χ3v) is 5.67. The highest BCUT2D eigenvalue weighted by molar-refractivity contribution is 6.13. The van der Waals surface area contributed by atoms with Gasteiger partial charge in [0.2, 0.25) is 0 Å². The summed E-state index contributed by atoms with van der Waals surface area (Å²) < 4.78 is 29.0. The summed E-state index contributed by atoms with van der Waals surface area (Å²) in [5, 5.41) is 0. The smallest absolute Gasteiger partial charge is 0.277 e. The van der Waals surface area contributed by atoms with Crippen molar-refractivity contribution >= 4 is 17.8 Å². The summed E-state index contributed by atoms with van der Waals surface area (Å²) in [7, 11) is 0. The van der Waals surface area contributed by atoms with Crippen LogP contribution in [-0.2, 0) is 0 Å². The van der Waals surface area contributed by atoms with E-state index >= 15 is 0 Å². The van der Waals surface area contributed by atoms with Crippen LogP contribution in [0.5, 0.6) is 0 Å². The Kier molecular flexibility index (Phi) is 3.82. The minimum Gasteiger partial charge on any atom is -0.367 e. The van der Waals surface area contributed by atoms with Gasteiger partial charge in [0.1, 0.15) is 11.6 Å².